The van der Waals surface area contributed by atoms with Crippen LogP contribution in [0.4, 0.5) is 0 Å². The maximum absolute atomic E-state index is 12.4. The van der Waals surface area contributed by atoms with E-state index in [9.17, 15) is 4.79 Å². The van der Waals surface area contributed by atoms with Crippen molar-refractivity contribution in [2.75, 3.05) is 19.7 Å². The molecule has 0 saturated carbocycles. The first kappa shape index (κ1) is 19.8. The molecule has 2 aromatic carbocycles. The van der Waals surface area contributed by atoms with Gasteiger partial charge in [-0.1, -0.05) is 52.3 Å². The minimum absolute atomic E-state index is 0. The molecule has 2 aromatic rings. The molecule has 0 unspecified atom stereocenters. The maximum Gasteiger partial charge on any atom is 0.226 e. The number of halogens is 2. The van der Waals surface area contributed by atoms with Crippen LogP contribution in [0.2, 0.25) is 0 Å². The van der Waals surface area contributed by atoms with Gasteiger partial charge in [0.1, 0.15) is 5.75 Å². The highest BCUT2D eigenvalue weighted by atomic mass is 79.9. The molecule has 2 N–H and O–H groups in total. The Morgan fingerprint density at radius 2 is 1.92 bits per heavy atom. The quantitative estimate of drug-likeness (QED) is 0.796. The van der Waals surface area contributed by atoms with Gasteiger partial charge in [-0.05, 0) is 23.8 Å². The minimum atomic E-state index is -0.0117. The van der Waals surface area contributed by atoms with E-state index in [1.807, 2.05) is 47.4 Å². The topological polar surface area (TPSA) is 55.6 Å². The molecular weight excluding hydrogens is 404 g/mol. The van der Waals surface area contributed by atoms with E-state index in [0.29, 0.717) is 26.1 Å². The fourth-order valence-electron chi connectivity index (χ4n) is 3.06. The summed E-state index contributed by atoms with van der Waals surface area (Å²) < 4.78 is 6.61. The van der Waals surface area contributed by atoms with Gasteiger partial charge < -0.3 is 15.4 Å². The van der Waals surface area contributed by atoms with Gasteiger partial charge in [-0.15, -0.1) is 12.4 Å². The van der Waals surface area contributed by atoms with E-state index < -0.39 is 0 Å². The number of carbonyl (C=O) groups excluding carboxylic acids is 1. The maximum atomic E-state index is 12.4. The first-order valence-electron chi connectivity index (χ1n) is 8.10. The minimum Gasteiger partial charge on any atom is -0.493 e. The molecule has 0 bridgehead atoms. The van der Waals surface area contributed by atoms with Crippen LogP contribution in [0.15, 0.2) is 59.1 Å². The van der Waals surface area contributed by atoms with Crippen molar-refractivity contribution in [3.8, 4) is 5.75 Å². The van der Waals surface area contributed by atoms with Gasteiger partial charge in [-0.3, -0.25) is 4.79 Å². The zero-order chi connectivity index (χ0) is 16.9. The van der Waals surface area contributed by atoms with E-state index in [0.717, 1.165) is 10.2 Å². The highest BCUT2D eigenvalue weighted by molar-refractivity contribution is 9.10. The lowest BCUT2D eigenvalue weighted by Crippen LogP contribution is -2.32. The van der Waals surface area contributed by atoms with Gasteiger partial charge in [0.05, 0.1) is 13.0 Å². The molecule has 6 heteroatoms. The molecule has 1 aliphatic rings. The summed E-state index contributed by atoms with van der Waals surface area (Å²) in [4.78, 5) is 14.3. The van der Waals surface area contributed by atoms with Gasteiger partial charge >= 0.3 is 0 Å². The number of nitrogens with two attached hydrogens (primary N) is 1. The number of hydrogen-bond donors (Lipinski definition) is 1. The number of hydrogen-bond acceptors (Lipinski definition) is 3. The van der Waals surface area contributed by atoms with Crippen LogP contribution in [0.1, 0.15) is 17.9 Å². The summed E-state index contributed by atoms with van der Waals surface area (Å²) in [6, 6.07) is 17.8. The molecule has 1 amide bonds. The van der Waals surface area contributed by atoms with Crippen molar-refractivity contribution in [3.05, 3.63) is 64.6 Å². The fourth-order valence-corrected chi connectivity index (χ4v) is 3.43. The molecule has 0 aliphatic carbocycles. The lowest BCUT2D eigenvalue weighted by Gasteiger charge is -2.16. The van der Waals surface area contributed by atoms with Crippen LogP contribution >= 0.6 is 28.3 Å². The van der Waals surface area contributed by atoms with Crippen LogP contribution in [0.25, 0.3) is 0 Å². The molecule has 1 aliphatic heterocycles. The van der Waals surface area contributed by atoms with Gasteiger partial charge in [-0.25, -0.2) is 0 Å². The molecule has 4 nitrogen and oxygen atoms in total. The predicted molar refractivity (Wildman–Crippen MR) is 105 cm³/mol. The number of nitrogens with zero attached hydrogens (tertiary/aromatic N) is 1. The standard InChI is InChI=1S/C19H21BrN2O2.ClH/c20-15-7-4-8-16(11-15)24-10-9-19(23)22-12-17(18(21)13-22)14-5-2-1-3-6-14;/h1-8,11,17-18H,9-10,12-13,21H2;1H/t17-,18+;/m0./s1. The second-order valence-corrected chi connectivity index (χ2v) is 6.95. The molecule has 2 atom stereocenters. The Balaban J connectivity index is 0.00000225. The molecule has 1 fully saturated rings. The highest BCUT2D eigenvalue weighted by Gasteiger charge is 2.33. The SMILES string of the molecule is Cl.N[C@@H]1CN(C(=O)CCOc2cccc(Br)c2)C[C@H]1c1ccccc1. The van der Waals surface area contributed by atoms with Crippen LogP contribution in [0, 0.1) is 0 Å². The Hall–Kier alpha value is -1.56. The van der Waals surface area contributed by atoms with Crippen LogP contribution in [-0.4, -0.2) is 36.5 Å². The lowest BCUT2D eigenvalue weighted by atomic mass is 9.95. The van der Waals surface area contributed by atoms with E-state index in [-0.39, 0.29) is 30.3 Å². The van der Waals surface area contributed by atoms with Gasteiger partial charge in [-0.2, -0.15) is 0 Å². The zero-order valence-electron chi connectivity index (χ0n) is 13.8. The number of carbonyl (C=O) groups is 1. The van der Waals surface area contributed by atoms with Crippen molar-refractivity contribution < 1.29 is 9.53 Å². The largest absolute Gasteiger partial charge is 0.493 e. The van der Waals surface area contributed by atoms with Gasteiger partial charge in [0.25, 0.3) is 0 Å². The smallest absolute Gasteiger partial charge is 0.226 e. The summed E-state index contributed by atoms with van der Waals surface area (Å²) in [6.07, 6.45) is 0.362. The Bertz CT molecular complexity index is 699. The Kier molecular flexibility index (Phi) is 7.29. The average molecular weight is 426 g/mol. The molecular formula is C19H22BrClN2O2. The van der Waals surface area contributed by atoms with Crippen molar-refractivity contribution in [2.24, 2.45) is 5.73 Å². The van der Waals surface area contributed by atoms with Gasteiger partial charge in [0.15, 0.2) is 0 Å². The second-order valence-electron chi connectivity index (χ2n) is 6.04. The van der Waals surface area contributed by atoms with E-state index in [4.69, 9.17) is 10.5 Å². The molecule has 0 spiro atoms. The average Bonchev–Trinajstić information content (AvgIpc) is 2.98. The highest BCUT2D eigenvalue weighted by Crippen LogP contribution is 2.26. The molecule has 25 heavy (non-hydrogen) atoms. The molecule has 134 valence electrons. The molecule has 1 heterocycles. The fraction of sp³-hybridized carbons (Fsp3) is 0.316. The number of ether oxygens (including phenoxy) is 1. The Labute approximate surface area is 162 Å². The first-order chi connectivity index (χ1) is 11.6. The third-order valence-corrected chi connectivity index (χ3v) is 4.82. The van der Waals surface area contributed by atoms with E-state index in [2.05, 4.69) is 28.1 Å². The number of amides is 1. The summed E-state index contributed by atoms with van der Waals surface area (Å²) >= 11 is 3.40. The Morgan fingerprint density at radius 1 is 1.16 bits per heavy atom. The van der Waals surface area contributed by atoms with Crippen LogP contribution in [-0.2, 0) is 4.79 Å². The molecule has 0 radical (unpaired) electrons. The Morgan fingerprint density at radius 3 is 2.64 bits per heavy atom. The van der Waals surface area contributed by atoms with Crippen molar-refractivity contribution in [3.63, 3.8) is 0 Å². The van der Waals surface area contributed by atoms with E-state index in [1.165, 1.54) is 5.56 Å². The summed E-state index contributed by atoms with van der Waals surface area (Å²) in [5.74, 6) is 1.07. The van der Waals surface area contributed by atoms with Crippen molar-refractivity contribution >= 4 is 34.2 Å². The van der Waals surface area contributed by atoms with Crippen molar-refractivity contribution in [1.82, 2.24) is 4.90 Å². The monoisotopic (exact) mass is 424 g/mol. The normalized spacial score (nSPS) is 19.4. The van der Waals surface area contributed by atoms with Crippen LogP contribution < -0.4 is 10.5 Å². The third kappa shape index (κ3) is 5.21. The molecule has 0 aromatic heterocycles. The molecule has 3 rings (SSSR count). The lowest BCUT2D eigenvalue weighted by molar-refractivity contribution is -0.130. The summed E-state index contributed by atoms with van der Waals surface area (Å²) in [5, 5.41) is 0. The number of likely N-dealkylation sites (tertiary alicyclic amines) is 1. The second kappa shape index (κ2) is 9.22. The molecule has 1 saturated heterocycles. The predicted octanol–water partition coefficient (Wildman–Crippen LogP) is 3.59. The van der Waals surface area contributed by atoms with Crippen molar-refractivity contribution in [2.45, 2.75) is 18.4 Å². The number of benzene rings is 2. The first-order valence-corrected chi connectivity index (χ1v) is 8.89. The summed E-state index contributed by atoms with van der Waals surface area (Å²) in [7, 11) is 0. The number of rotatable bonds is 5. The van der Waals surface area contributed by atoms with Crippen LogP contribution in [0.5, 0.6) is 5.75 Å². The van der Waals surface area contributed by atoms with Gasteiger partial charge in [0, 0.05) is 29.5 Å². The van der Waals surface area contributed by atoms with Gasteiger partial charge in [0.2, 0.25) is 5.91 Å². The zero-order valence-corrected chi connectivity index (χ0v) is 16.2. The van der Waals surface area contributed by atoms with Crippen molar-refractivity contribution in [1.29, 1.82) is 0 Å². The van der Waals surface area contributed by atoms with E-state index >= 15 is 0 Å². The summed E-state index contributed by atoms with van der Waals surface area (Å²) in [5.41, 5.74) is 7.44. The third-order valence-electron chi connectivity index (χ3n) is 4.33. The van der Waals surface area contributed by atoms with Crippen LogP contribution in [0.3, 0.4) is 0 Å². The summed E-state index contributed by atoms with van der Waals surface area (Å²) in [6.45, 7) is 1.66. The van der Waals surface area contributed by atoms with E-state index in [1.54, 1.807) is 0 Å².